The lowest BCUT2D eigenvalue weighted by Gasteiger charge is -2.13. The standard InChI is InChI=1S/C16H18FNO3/c1-2-16(7-8-16)10-18-15(21)12-4-3-11(13(17)9-12)5-6-14(19)20/h3-6,9H,2,7-8,10H2,1H3,(H,18,21)(H,19,20)/b6-5+. The van der Waals surface area contributed by atoms with E-state index in [2.05, 4.69) is 12.2 Å². The second-order valence-electron chi connectivity index (χ2n) is 5.44. The summed E-state index contributed by atoms with van der Waals surface area (Å²) in [6, 6.07) is 4.02. The van der Waals surface area contributed by atoms with Crippen LogP contribution in [0, 0.1) is 11.2 Å². The minimum Gasteiger partial charge on any atom is -0.478 e. The van der Waals surface area contributed by atoms with Crippen LogP contribution in [-0.4, -0.2) is 23.5 Å². The number of carboxylic acid groups (broad SMARTS) is 1. The van der Waals surface area contributed by atoms with Gasteiger partial charge in [-0.3, -0.25) is 4.79 Å². The molecule has 1 saturated carbocycles. The van der Waals surface area contributed by atoms with E-state index in [1.165, 1.54) is 12.1 Å². The summed E-state index contributed by atoms with van der Waals surface area (Å²) < 4.78 is 13.8. The maximum absolute atomic E-state index is 13.8. The Morgan fingerprint density at radius 2 is 2.14 bits per heavy atom. The molecule has 21 heavy (non-hydrogen) atoms. The first-order valence-electron chi connectivity index (χ1n) is 6.94. The number of amides is 1. The first-order chi connectivity index (χ1) is 9.96. The summed E-state index contributed by atoms with van der Waals surface area (Å²) in [6.07, 6.45) is 5.29. The van der Waals surface area contributed by atoms with Crippen molar-refractivity contribution in [2.45, 2.75) is 26.2 Å². The lowest BCUT2D eigenvalue weighted by molar-refractivity contribution is -0.131. The smallest absolute Gasteiger partial charge is 0.328 e. The summed E-state index contributed by atoms with van der Waals surface area (Å²) in [6.45, 7) is 2.72. The van der Waals surface area contributed by atoms with E-state index in [1.54, 1.807) is 0 Å². The quantitative estimate of drug-likeness (QED) is 0.792. The molecule has 1 fully saturated rings. The Morgan fingerprint density at radius 1 is 1.43 bits per heavy atom. The first kappa shape index (κ1) is 15.2. The Hall–Kier alpha value is -2.17. The molecule has 1 aliphatic rings. The van der Waals surface area contributed by atoms with Crippen molar-refractivity contribution in [2.75, 3.05) is 6.54 Å². The van der Waals surface area contributed by atoms with Crippen LogP contribution in [0.5, 0.6) is 0 Å². The molecule has 5 heteroatoms. The molecule has 2 rings (SSSR count). The molecular weight excluding hydrogens is 273 g/mol. The normalized spacial score (nSPS) is 15.9. The molecule has 4 nitrogen and oxygen atoms in total. The maximum Gasteiger partial charge on any atom is 0.328 e. The Labute approximate surface area is 122 Å². The highest BCUT2D eigenvalue weighted by atomic mass is 19.1. The Morgan fingerprint density at radius 3 is 2.67 bits per heavy atom. The number of benzene rings is 1. The van der Waals surface area contributed by atoms with Gasteiger partial charge in [-0.05, 0) is 42.9 Å². The van der Waals surface area contributed by atoms with Crippen LogP contribution in [0.4, 0.5) is 4.39 Å². The maximum atomic E-state index is 13.8. The first-order valence-corrected chi connectivity index (χ1v) is 6.94. The minimum atomic E-state index is -1.15. The highest BCUT2D eigenvalue weighted by Gasteiger charge is 2.40. The fraction of sp³-hybridized carbons (Fsp3) is 0.375. The predicted octanol–water partition coefficient (Wildman–Crippen LogP) is 2.84. The van der Waals surface area contributed by atoms with E-state index in [9.17, 15) is 14.0 Å². The van der Waals surface area contributed by atoms with Crippen molar-refractivity contribution >= 4 is 18.0 Å². The highest BCUT2D eigenvalue weighted by Crippen LogP contribution is 2.47. The zero-order valence-corrected chi connectivity index (χ0v) is 11.9. The predicted molar refractivity (Wildman–Crippen MR) is 77.4 cm³/mol. The summed E-state index contributed by atoms with van der Waals surface area (Å²) >= 11 is 0. The number of hydrogen-bond donors (Lipinski definition) is 2. The third-order valence-corrected chi connectivity index (χ3v) is 4.00. The van der Waals surface area contributed by atoms with Crippen LogP contribution in [0.3, 0.4) is 0 Å². The van der Waals surface area contributed by atoms with E-state index >= 15 is 0 Å². The second-order valence-corrected chi connectivity index (χ2v) is 5.44. The van der Waals surface area contributed by atoms with Crippen LogP contribution in [0.2, 0.25) is 0 Å². The van der Waals surface area contributed by atoms with Gasteiger partial charge in [0.05, 0.1) is 0 Å². The van der Waals surface area contributed by atoms with Crippen LogP contribution in [0.25, 0.3) is 6.08 Å². The number of carbonyl (C=O) groups is 2. The van der Waals surface area contributed by atoms with Gasteiger partial charge < -0.3 is 10.4 Å². The minimum absolute atomic E-state index is 0.140. The molecular formula is C16H18FNO3. The second kappa shape index (κ2) is 6.08. The molecule has 112 valence electrons. The fourth-order valence-electron chi connectivity index (χ4n) is 2.17. The average molecular weight is 291 g/mol. The lowest BCUT2D eigenvalue weighted by Crippen LogP contribution is -2.30. The SMILES string of the molecule is CCC1(CNC(=O)c2ccc(/C=C/C(=O)O)c(F)c2)CC1. The molecule has 0 spiro atoms. The Bertz CT molecular complexity index is 591. The van der Waals surface area contributed by atoms with Crippen LogP contribution in [0.1, 0.15) is 42.1 Å². The lowest BCUT2D eigenvalue weighted by atomic mass is 10.0. The van der Waals surface area contributed by atoms with E-state index in [-0.39, 0.29) is 22.4 Å². The summed E-state index contributed by atoms with van der Waals surface area (Å²) in [4.78, 5) is 22.4. The van der Waals surface area contributed by atoms with Crippen molar-refractivity contribution in [3.05, 3.63) is 41.2 Å². The zero-order chi connectivity index (χ0) is 15.5. The van der Waals surface area contributed by atoms with Gasteiger partial charge in [-0.2, -0.15) is 0 Å². The summed E-state index contributed by atoms with van der Waals surface area (Å²) in [5.74, 6) is -2.07. The molecule has 0 radical (unpaired) electrons. The van der Waals surface area contributed by atoms with Gasteiger partial charge in [-0.15, -0.1) is 0 Å². The molecule has 1 aromatic carbocycles. The molecule has 1 aromatic rings. The molecule has 0 bridgehead atoms. The average Bonchev–Trinajstić information content (AvgIpc) is 3.24. The zero-order valence-electron chi connectivity index (χ0n) is 11.9. The highest BCUT2D eigenvalue weighted by molar-refractivity contribution is 5.94. The van der Waals surface area contributed by atoms with Crippen molar-refractivity contribution < 1.29 is 19.1 Å². The molecule has 0 atom stereocenters. The van der Waals surface area contributed by atoms with Gasteiger partial charge in [0.15, 0.2) is 0 Å². The van der Waals surface area contributed by atoms with Crippen LogP contribution < -0.4 is 5.32 Å². The van der Waals surface area contributed by atoms with Gasteiger partial charge >= 0.3 is 5.97 Å². The number of halogens is 1. The number of carbonyl (C=O) groups excluding carboxylic acids is 1. The molecule has 0 aromatic heterocycles. The Balaban J connectivity index is 2.02. The number of hydrogen-bond acceptors (Lipinski definition) is 2. The van der Waals surface area contributed by atoms with E-state index in [0.717, 1.165) is 37.5 Å². The molecule has 0 aliphatic heterocycles. The van der Waals surface area contributed by atoms with E-state index in [1.807, 2.05) is 0 Å². The van der Waals surface area contributed by atoms with E-state index in [4.69, 9.17) is 5.11 Å². The monoisotopic (exact) mass is 291 g/mol. The van der Waals surface area contributed by atoms with Crippen molar-refractivity contribution in [3.8, 4) is 0 Å². The number of carboxylic acids is 1. The topological polar surface area (TPSA) is 66.4 Å². The van der Waals surface area contributed by atoms with Gasteiger partial charge in [0, 0.05) is 23.7 Å². The largest absolute Gasteiger partial charge is 0.478 e. The van der Waals surface area contributed by atoms with Crippen LogP contribution in [-0.2, 0) is 4.79 Å². The van der Waals surface area contributed by atoms with E-state index < -0.39 is 11.8 Å². The number of rotatable bonds is 6. The van der Waals surface area contributed by atoms with Crippen LogP contribution >= 0.6 is 0 Å². The molecule has 0 saturated heterocycles. The van der Waals surface area contributed by atoms with Gasteiger partial charge in [-0.1, -0.05) is 13.0 Å². The molecule has 2 N–H and O–H groups in total. The van der Waals surface area contributed by atoms with Gasteiger partial charge in [0.1, 0.15) is 5.82 Å². The molecule has 0 unspecified atom stereocenters. The van der Waals surface area contributed by atoms with Crippen molar-refractivity contribution in [3.63, 3.8) is 0 Å². The summed E-state index contributed by atoms with van der Waals surface area (Å²) in [5.41, 5.74) is 0.617. The third kappa shape index (κ3) is 3.90. The molecule has 1 amide bonds. The van der Waals surface area contributed by atoms with Gasteiger partial charge in [-0.25, -0.2) is 9.18 Å². The van der Waals surface area contributed by atoms with E-state index in [0.29, 0.717) is 6.54 Å². The van der Waals surface area contributed by atoms with Crippen LogP contribution in [0.15, 0.2) is 24.3 Å². The number of aliphatic carboxylic acids is 1. The Kier molecular flexibility index (Phi) is 4.40. The van der Waals surface area contributed by atoms with Gasteiger partial charge in [0.2, 0.25) is 0 Å². The summed E-state index contributed by atoms with van der Waals surface area (Å²) in [5, 5.41) is 11.3. The number of nitrogens with one attached hydrogen (secondary N) is 1. The van der Waals surface area contributed by atoms with Crippen molar-refractivity contribution in [2.24, 2.45) is 5.41 Å². The van der Waals surface area contributed by atoms with Crippen molar-refractivity contribution in [1.29, 1.82) is 0 Å². The molecule has 1 aliphatic carbocycles. The van der Waals surface area contributed by atoms with Gasteiger partial charge in [0.25, 0.3) is 5.91 Å². The third-order valence-electron chi connectivity index (χ3n) is 4.00. The fourth-order valence-corrected chi connectivity index (χ4v) is 2.17. The summed E-state index contributed by atoms with van der Waals surface area (Å²) in [7, 11) is 0. The van der Waals surface area contributed by atoms with Crippen molar-refractivity contribution in [1.82, 2.24) is 5.32 Å². The molecule has 0 heterocycles.